The van der Waals surface area contributed by atoms with Crippen molar-refractivity contribution < 1.29 is 10.2 Å². The monoisotopic (exact) mass is 538 g/mol. The molecular formula is C20H10Br2Cl2N2O2. The summed E-state index contributed by atoms with van der Waals surface area (Å²) in [4.78, 5) is 9.37. The number of fused-ring (bicyclic) bond motifs is 1. The highest BCUT2D eigenvalue weighted by atomic mass is 79.9. The molecule has 4 rings (SSSR count). The van der Waals surface area contributed by atoms with Crippen LogP contribution in [0.25, 0.3) is 33.5 Å². The number of halogens is 4. The maximum Gasteiger partial charge on any atom is 0.125 e. The zero-order chi connectivity index (χ0) is 20.0. The maximum absolute atomic E-state index is 10.4. The molecule has 0 bridgehead atoms. The van der Waals surface area contributed by atoms with Gasteiger partial charge in [-0.2, -0.15) is 0 Å². The SMILES string of the molecule is Oc1ccc(Br)cc1-c1nc2cc(Cl)c(Cl)cc2nc1-c1cc(Br)ccc1O. The van der Waals surface area contributed by atoms with E-state index in [1.807, 2.05) is 0 Å². The van der Waals surface area contributed by atoms with Crippen LogP contribution in [0.2, 0.25) is 10.0 Å². The van der Waals surface area contributed by atoms with Crippen LogP contribution in [0, 0.1) is 0 Å². The summed E-state index contributed by atoms with van der Waals surface area (Å²) < 4.78 is 1.53. The molecule has 0 aliphatic carbocycles. The summed E-state index contributed by atoms with van der Waals surface area (Å²) in [6.45, 7) is 0. The van der Waals surface area contributed by atoms with Crippen LogP contribution in [-0.2, 0) is 0 Å². The molecule has 4 aromatic rings. The second-order valence-electron chi connectivity index (χ2n) is 6.00. The Morgan fingerprint density at radius 2 is 1.04 bits per heavy atom. The number of phenols is 2. The quantitative estimate of drug-likeness (QED) is 0.282. The minimum absolute atomic E-state index is 0.0349. The van der Waals surface area contributed by atoms with Crippen molar-refractivity contribution in [3.05, 3.63) is 67.5 Å². The number of aromatic hydroxyl groups is 2. The van der Waals surface area contributed by atoms with E-state index in [0.29, 0.717) is 43.6 Å². The molecule has 2 N–H and O–H groups in total. The minimum atomic E-state index is 0.0349. The third kappa shape index (κ3) is 3.57. The lowest BCUT2D eigenvalue weighted by atomic mass is 10.0. The Balaban J connectivity index is 2.12. The van der Waals surface area contributed by atoms with Crippen LogP contribution in [0.15, 0.2) is 57.5 Å². The summed E-state index contributed by atoms with van der Waals surface area (Å²) in [6, 6.07) is 13.3. The Bertz CT molecular complexity index is 1150. The van der Waals surface area contributed by atoms with Gasteiger partial charge in [-0.05, 0) is 48.5 Å². The zero-order valence-electron chi connectivity index (χ0n) is 13.9. The fraction of sp³-hybridized carbons (Fsp3) is 0. The Morgan fingerprint density at radius 3 is 1.43 bits per heavy atom. The molecule has 1 aromatic heterocycles. The van der Waals surface area contributed by atoms with Crippen LogP contribution in [-0.4, -0.2) is 20.2 Å². The largest absolute Gasteiger partial charge is 0.507 e. The van der Waals surface area contributed by atoms with Gasteiger partial charge in [0.25, 0.3) is 0 Å². The van der Waals surface area contributed by atoms with Gasteiger partial charge in [0.1, 0.15) is 22.9 Å². The van der Waals surface area contributed by atoms with Crippen LogP contribution in [0.3, 0.4) is 0 Å². The summed E-state index contributed by atoms with van der Waals surface area (Å²) in [5.41, 5.74) is 2.76. The molecule has 140 valence electrons. The second-order valence-corrected chi connectivity index (χ2v) is 8.64. The van der Waals surface area contributed by atoms with E-state index in [2.05, 4.69) is 41.8 Å². The first-order valence-corrected chi connectivity index (χ1v) is 10.3. The van der Waals surface area contributed by atoms with Crippen molar-refractivity contribution in [3.63, 3.8) is 0 Å². The summed E-state index contributed by atoms with van der Waals surface area (Å²) in [5, 5.41) is 21.6. The van der Waals surface area contributed by atoms with E-state index in [1.165, 1.54) is 0 Å². The molecule has 3 aromatic carbocycles. The van der Waals surface area contributed by atoms with Gasteiger partial charge < -0.3 is 10.2 Å². The highest BCUT2D eigenvalue weighted by molar-refractivity contribution is 9.10. The van der Waals surface area contributed by atoms with E-state index < -0.39 is 0 Å². The van der Waals surface area contributed by atoms with Crippen LogP contribution >= 0.6 is 55.1 Å². The maximum atomic E-state index is 10.4. The van der Waals surface area contributed by atoms with Crippen molar-refractivity contribution in [3.8, 4) is 34.0 Å². The van der Waals surface area contributed by atoms with Crippen LogP contribution in [0.5, 0.6) is 11.5 Å². The second kappa shape index (κ2) is 7.52. The van der Waals surface area contributed by atoms with Gasteiger partial charge >= 0.3 is 0 Å². The predicted octanol–water partition coefficient (Wildman–Crippen LogP) is 7.21. The molecule has 0 atom stereocenters. The van der Waals surface area contributed by atoms with Crippen molar-refractivity contribution in [2.45, 2.75) is 0 Å². The molecule has 0 spiro atoms. The highest BCUT2D eigenvalue weighted by Gasteiger charge is 2.19. The number of aromatic nitrogens is 2. The van der Waals surface area contributed by atoms with Crippen molar-refractivity contribution in [1.82, 2.24) is 9.97 Å². The molecule has 8 heteroatoms. The van der Waals surface area contributed by atoms with E-state index in [4.69, 9.17) is 23.2 Å². The summed E-state index contributed by atoms with van der Waals surface area (Å²) in [7, 11) is 0. The molecule has 0 saturated heterocycles. The van der Waals surface area contributed by atoms with E-state index in [1.54, 1.807) is 48.5 Å². The van der Waals surface area contributed by atoms with Crippen LogP contribution < -0.4 is 0 Å². The molecular weight excluding hydrogens is 531 g/mol. The standard InChI is InChI=1S/C20H10Br2Cl2N2O2/c21-9-1-3-17(27)11(5-9)19-20(12-6-10(22)2-4-18(12)28)26-16-8-14(24)13(23)7-15(16)25-19/h1-8,27-28H. The van der Waals surface area contributed by atoms with Gasteiger partial charge in [0, 0.05) is 20.1 Å². The van der Waals surface area contributed by atoms with Gasteiger partial charge in [-0.3, -0.25) is 0 Å². The normalized spacial score (nSPS) is 11.1. The summed E-state index contributed by atoms with van der Waals surface area (Å²) in [5.74, 6) is 0.0697. The van der Waals surface area contributed by atoms with Crippen LogP contribution in [0.1, 0.15) is 0 Å². The number of rotatable bonds is 2. The molecule has 0 aliphatic heterocycles. The van der Waals surface area contributed by atoms with Crippen molar-refractivity contribution in [1.29, 1.82) is 0 Å². The Hall–Kier alpha value is -1.86. The average Bonchev–Trinajstić information content (AvgIpc) is 2.66. The van der Waals surface area contributed by atoms with E-state index >= 15 is 0 Å². The molecule has 4 nitrogen and oxygen atoms in total. The Morgan fingerprint density at radius 1 is 0.643 bits per heavy atom. The van der Waals surface area contributed by atoms with E-state index in [-0.39, 0.29) is 11.5 Å². The molecule has 0 radical (unpaired) electrons. The molecule has 0 amide bonds. The van der Waals surface area contributed by atoms with Crippen LogP contribution in [0.4, 0.5) is 0 Å². The van der Waals surface area contributed by atoms with Crippen molar-refractivity contribution >= 4 is 66.1 Å². The van der Waals surface area contributed by atoms with Gasteiger partial charge in [-0.15, -0.1) is 0 Å². The highest BCUT2D eigenvalue weighted by Crippen LogP contribution is 2.41. The van der Waals surface area contributed by atoms with Gasteiger partial charge in [0.05, 0.1) is 21.1 Å². The molecule has 28 heavy (non-hydrogen) atoms. The third-order valence-electron chi connectivity index (χ3n) is 4.13. The molecule has 0 unspecified atom stereocenters. The lowest BCUT2D eigenvalue weighted by Gasteiger charge is -2.14. The van der Waals surface area contributed by atoms with Crippen molar-refractivity contribution in [2.24, 2.45) is 0 Å². The third-order valence-corrected chi connectivity index (χ3v) is 5.84. The van der Waals surface area contributed by atoms with Gasteiger partial charge in [-0.25, -0.2) is 9.97 Å². The van der Waals surface area contributed by atoms with Gasteiger partial charge in [0.2, 0.25) is 0 Å². The number of hydrogen-bond acceptors (Lipinski definition) is 4. The fourth-order valence-electron chi connectivity index (χ4n) is 2.82. The van der Waals surface area contributed by atoms with E-state index in [9.17, 15) is 10.2 Å². The van der Waals surface area contributed by atoms with Crippen molar-refractivity contribution in [2.75, 3.05) is 0 Å². The minimum Gasteiger partial charge on any atom is -0.507 e. The zero-order valence-corrected chi connectivity index (χ0v) is 18.6. The molecule has 0 aliphatic rings. The van der Waals surface area contributed by atoms with E-state index in [0.717, 1.165) is 8.95 Å². The Kier molecular flexibility index (Phi) is 5.22. The first-order chi connectivity index (χ1) is 13.3. The lowest BCUT2D eigenvalue weighted by Crippen LogP contribution is -1.97. The number of hydrogen-bond donors (Lipinski definition) is 2. The Labute approximate surface area is 187 Å². The summed E-state index contributed by atoms with van der Waals surface area (Å²) >= 11 is 19.1. The fourth-order valence-corrected chi connectivity index (χ4v) is 3.86. The molecule has 1 heterocycles. The number of benzene rings is 3. The first kappa shape index (κ1) is 19.5. The summed E-state index contributed by atoms with van der Waals surface area (Å²) in [6.07, 6.45) is 0. The average molecular weight is 541 g/mol. The number of nitrogens with zero attached hydrogens (tertiary/aromatic N) is 2. The topological polar surface area (TPSA) is 66.2 Å². The first-order valence-electron chi connectivity index (χ1n) is 7.98. The molecule has 0 fully saturated rings. The number of phenolic OH excluding ortho intramolecular Hbond substituents is 2. The van der Waals surface area contributed by atoms with Gasteiger partial charge in [-0.1, -0.05) is 55.1 Å². The van der Waals surface area contributed by atoms with Gasteiger partial charge in [0.15, 0.2) is 0 Å². The smallest absolute Gasteiger partial charge is 0.125 e. The molecule has 0 saturated carbocycles. The predicted molar refractivity (Wildman–Crippen MR) is 119 cm³/mol. The lowest BCUT2D eigenvalue weighted by molar-refractivity contribution is 0.475.